The van der Waals surface area contributed by atoms with Crippen LogP contribution in [-0.2, 0) is 25.7 Å². The zero-order valence-electron chi connectivity index (χ0n) is 20.4. The number of nitrogens with zero attached hydrogens (tertiary/aromatic N) is 2. The Hall–Kier alpha value is -3.17. The molecule has 2 N–H and O–H groups in total. The quantitative estimate of drug-likeness (QED) is 0.288. The normalized spacial score (nSPS) is 18.0. The molecule has 35 heavy (non-hydrogen) atoms. The van der Waals surface area contributed by atoms with Crippen molar-refractivity contribution < 1.29 is 23.9 Å². The highest BCUT2D eigenvalue weighted by Crippen LogP contribution is 2.32. The Balaban J connectivity index is 1.86. The number of amides is 4. The molecule has 3 heterocycles. The van der Waals surface area contributed by atoms with Gasteiger partial charge in [0.2, 0.25) is 12.3 Å². The number of carbonyl (C=O) groups excluding carboxylic acids is 3. The van der Waals surface area contributed by atoms with E-state index in [0.29, 0.717) is 36.7 Å². The van der Waals surface area contributed by atoms with Gasteiger partial charge in [-0.05, 0) is 44.4 Å². The van der Waals surface area contributed by atoms with Gasteiger partial charge in [-0.25, -0.2) is 9.78 Å². The summed E-state index contributed by atoms with van der Waals surface area (Å²) < 4.78 is 11.2. The number of rotatable bonds is 10. The predicted molar refractivity (Wildman–Crippen MR) is 132 cm³/mol. The minimum Gasteiger partial charge on any atom is -0.491 e. The average Bonchev–Trinajstić information content (AvgIpc) is 3.12. The molecule has 0 saturated heterocycles. The first-order valence-electron chi connectivity index (χ1n) is 11.4. The van der Waals surface area contributed by atoms with Gasteiger partial charge in [0.05, 0.1) is 12.6 Å². The monoisotopic (exact) mass is 502 g/mol. The van der Waals surface area contributed by atoms with Gasteiger partial charge in [0.1, 0.15) is 23.1 Å². The molecule has 0 spiro atoms. The fourth-order valence-electron chi connectivity index (χ4n) is 4.23. The Morgan fingerprint density at radius 3 is 2.91 bits per heavy atom. The van der Waals surface area contributed by atoms with Crippen molar-refractivity contribution in [2.24, 2.45) is 0 Å². The van der Waals surface area contributed by atoms with Crippen molar-refractivity contribution in [3.05, 3.63) is 57.6 Å². The van der Waals surface area contributed by atoms with Crippen LogP contribution in [0, 0.1) is 0 Å². The lowest BCUT2D eigenvalue weighted by Gasteiger charge is -2.37. The van der Waals surface area contributed by atoms with Gasteiger partial charge < -0.3 is 19.7 Å². The third-order valence-corrected chi connectivity index (χ3v) is 6.35. The third kappa shape index (κ3) is 6.29. The zero-order valence-corrected chi connectivity index (χ0v) is 21.1. The number of halogens is 1. The number of methoxy groups -OCH3 is 1. The van der Waals surface area contributed by atoms with E-state index in [1.807, 2.05) is 26.0 Å². The Morgan fingerprint density at radius 1 is 1.46 bits per heavy atom. The number of nitrogens with one attached hydrogen (secondary N) is 2. The standard InChI is InChI=1S/C25H31ClN4O5/c1-5-20-17(8-6-7-16(2)34-4)12-30(23(20)32)14-25(3,29-24(33)28-15-31)21-9-18-11-27-22(26)10-19(18)13-35-21/h6-7,9-11,15-16H,5,8,12-14H2,1-4H3,(H2,28,29,31,33)/b7-6-/t16?,25-/m0/s1. The lowest BCUT2D eigenvalue weighted by atomic mass is 9.94. The number of imide groups is 1. The first kappa shape index (κ1) is 26.4. The Kier molecular flexibility index (Phi) is 8.69. The number of hydrogen-bond acceptors (Lipinski definition) is 6. The van der Waals surface area contributed by atoms with Crippen molar-refractivity contribution in [2.45, 2.75) is 51.9 Å². The predicted octanol–water partition coefficient (Wildman–Crippen LogP) is 3.35. The topological polar surface area (TPSA) is 110 Å². The molecule has 0 fully saturated rings. The van der Waals surface area contributed by atoms with E-state index in [9.17, 15) is 14.4 Å². The van der Waals surface area contributed by atoms with Crippen LogP contribution in [0.15, 0.2) is 41.3 Å². The molecular weight excluding hydrogens is 472 g/mol. The highest BCUT2D eigenvalue weighted by Gasteiger charge is 2.40. The van der Waals surface area contributed by atoms with E-state index in [2.05, 4.69) is 15.6 Å². The molecule has 188 valence electrons. The number of allylic oxidation sites excluding steroid dienone is 1. The van der Waals surface area contributed by atoms with E-state index in [-0.39, 0.29) is 25.2 Å². The number of ether oxygens (including phenoxy) is 2. The number of carbonyl (C=O) groups is 3. The number of aromatic nitrogens is 1. The number of hydrogen-bond donors (Lipinski definition) is 2. The van der Waals surface area contributed by atoms with Crippen LogP contribution in [0.3, 0.4) is 0 Å². The van der Waals surface area contributed by atoms with Crippen molar-refractivity contribution >= 4 is 36.0 Å². The van der Waals surface area contributed by atoms with Crippen molar-refractivity contribution in [3.8, 4) is 0 Å². The molecule has 4 amide bonds. The summed E-state index contributed by atoms with van der Waals surface area (Å²) in [4.78, 5) is 42.3. The second kappa shape index (κ2) is 11.5. The fourth-order valence-corrected chi connectivity index (χ4v) is 4.41. The fraction of sp³-hybridized carbons (Fsp3) is 0.440. The lowest BCUT2D eigenvalue weighted by molar-refractivity contribution is -0.126. The minimum atomic E-state index is -1.12. The summed E-state index contributed by atoms with van der Waals surface area (Å²) in [6, 6.07) is 1.03. The second-order valence-corrected chi connectivity index (χ2v) is 9.11. The Bertz CT molecular complexity index is 1080. The molecule has 10 heteroatoms. The van der Waals surface area contributed by atoms with Crippen molar-refractivity contribution in [1.82, 2.24) is 20.5 Å². The minimum absolute atomic E-state index is 0.0136. The first-order valence-corrected chi connectivity index (χ1v) is 11.8. The van der Waals surface area contributed by atoms with Crippen LogP contribution in [0.2, 0.25) is 5.15 Å². The van der Waals surface area contributed by atoms with E-state index in [1.165, 1.54) is 0 Å². The van der Waals surface area contributed by atoms with E-state index in [4.69, 9.17) is 21.1 Å². The maximum atomic E-state index is 13.3. The zero-order chi connectivity index (χ0) is 25.6. The van der Waals surface area contributed by atoms with Gasteiger partial charge in [0.15, 0.2) is 0 Å². The van der Waals surface area contributed by atoms with Crippen molar-refractivity contribution in [3.63, 3.8) is 0 Å². The van der Waals surface area contributed by atoms with Gasteiger partial charge in [-0.1, -0.05) is 30.7 Å². The maximum Gasteiger partial charge on any atom is 0.322 e. The molecule has 0 saturated carbocycles. The molecule has 0 aliphatic carbocycles. The third-order valence-electron chi connectivity index (χ3n) is 6.14. The van der Waals surface area contributed by atoms with Crippen molar-refractivity contribution in [1.29, 1.82) is 0 Å². The van der Waals surface area contributed by atoms with Crippen LogP contribution < -0.4 is 10.6 Å². The summed E-state index contributed by atoms with van der Waals surface area (Å²) in [6.45, 7) is 6.46. The highest BCUT2D eigenvalue weighted by molar-refractivity contribution is 6.29. The molecule has 1 unspecified atom stereocenters. The Labute approximate surface area is 210 Å². The van der Waals surface area contributed by atoms with E-state index < -0.39 is 11.6 Å². The van der Waals surface area contributed by atoms with Gasteiger partial charge in [-0.15, -0.1) is 0 Å². The van der Waals surface area contributed by atoms with Crippen LogP contribution in [0.4, 0.5) is 4.79 Å². The maximum absolute atomic E-state index is 13.3. The summed E-state index contributed by atoms with van der Waals surface area (Å²) in [5.41, 5.74) is 2.34. The number of pyridine rings is 1. The summed E-state index contributed by atoms with van der Waals surface area (Å²) in [5, 5.41) is 5.26. The molecule has 2 atom stereocenters. The molecule has 3 rings (SSSR count). The molecule has 0 bridgehead atoms. The van der Waals surface area contributed by atoms with Crippen LogP contribution in [-0.4, -0.2) is 60.1 Å². The van der Waals surface area contributed by atoms with E-state index >= 15 is 0 Å². The molecule has 2 aliphatic rings. The lowest BCUT2D eigenvalue weighted by Crippen LogP contribution is -2.58. The average molecular weight is 503 g/mol. The van der Waals surface area contributed by atoms with Crippen LogP contribution in [0.5, 0.6) is 0 Å². The molecule has 0 radical (unpaired) electrons. The van der Waals surface area contributed by atoms with Gasteiger partial charge >= 0.3 is 6.03 Å². The molecular formula is C25H31ClN4O5. The van der Waals surface area contributed by atoms with Gasteiger partial charge in [0, 0.05) is 36.6 Å². The molecule has 2 aliphatic heterocycles. The van der Waals surface area contributed by atoms with E-state index in [1.54, 1.807) is 37.3 Å². The van der Waals surface area contributed by atoms with Crippen LogP contribution in [0.1, 0.15) is 44.7 Å². The second-order valence-electron chi connectivity index (χ2n) is 8.72. The summed E-state index contributed by atoms with van der Waals surface area (Å²) >= 11 is 5.99. The SMILES string of the molecule is CCC1=C(C/C=C\C(C)OC)CN(C[C@](C)(NC(=O)NC=O)C2=Cc3cnc(Cl)cc3CO2)C1=O. The summed E-state index contributed by atoms with van der Waals surface area (Å²) in [6.07, 6.45) is 8.90. The molecule has 1 aromatic heterocycles. The number of urea groups is 1. The van der Waals surface area contributed by atoms with Gasteiger partial charge in [0.25, 0.3) is 0 Å². The largest absolute Gasteiger partial charge is 0.491 e. The van der Waals surface area contributed by atoms with Gasteiger partial charge in [-0.3, -0.25) is 14.9 Å². The molecule has 1 aromatic rings. The smallest absolute Gasteiger partial charge is 0.322 e. The van der Waals surface area contributed by atoms with Crippen LogP contribution >= 0.6 is 11.6 Å². The van der Waals surface area contributed by atoms with Crippen LogP contribution in [0.25, 0.3) is 6.08 Å². The first-order chi connectivity index (χ1) is 16.7. The van der Waals surface area contributed by atoms with E-state index in [0.717, 1.165) is 22.3 Å². The summed E-state index contributed by atoms with van der Waals surface area (Å²) in [7, 11) is 1.65. The summed E-state index contributed by atoms with van der Waals surface area (Å²) in [5.74, 6) is 0.369. The van der Waals surface area contributed by atoms with Gasteiger partial charge in [-0.2, -0.15) is 0 Å². The molecule has 0 aromatic carbocycles. The number of fused-ring (bicyclic) bond motifs is 1. The Morgan fingerprint density at radius 2 is 2.23 bits per heavy atom. The van der Waals surface area contributed by atoms with Crippen molar-refractivity contribution in [2.75, 3.05) is 20.2 Å². The highest BCUT2D eigenvalue weighted by atomic mass is 35.5. The molecule has 9 nitrogen and oxygen atoms in total.